The number of amides is 2. The van der Waals surface area contributed by atoms with Crippen molar-refractivity contribution in [3.8, 4) is 0 Å². The van der Waals surface area contributed by atoms with Crippen LogP contribution < -0.4 is 5.32 Å². The minimum absolute atomic E-state index is 0.154. The van der Waals surface area contributed by atoms with Gasteiger partial charge in [0.15, 0.2) is 0 Å². The molecule has 1 N–H and O–H groups in total. The van der Waals surface area contributed by atoms with Crippen molar-refractivity contribution in [3.05, 3.63) is 29.8 Å². The van der Waals surface area contributed by atoms with Gasteiger partial charge in [0.05, 0.1) is 30.2 Å². The van der Waals surface area contributed by atoms with Gasteiger partial charge in [0.25, 0.3) is 0 Å². The number of rotatable bonds is 2. The number of aryl methyl sites for hydroxylation is 1. The van der Waals surface area contributed by atoms with Gasteiger partial charge in [-0.1, -0.05) is 12.1 Å². The third-order valence-electron chi connectivity index (χ3n) is 4.18. The fraction of sp³-hybridized carbons (Fsp3) is 0.533. The van der Waals surface area contributed by atoms with Gasteiger partial charge in [-0.15, -0.1) is 0 Å². The molecule has 0 spiro atoms. The maximum absolute atomic E-state index is 12.8. The van der Waals surface area contributed by atoms with Gasteiger partial charge < -0.3 is 15.0 Å². The average Bonchev–Trinajstić information content (AvgIpc) is 2.53. The number of nitrogens with zero attached hydrogens (tertiary/aromatic N) is 2. The van der Waals surface area contributed by atoms with Crippen molar-refractivity contribution in [2.24, 2.45) is 0 Å². The largest absolute Gasteiger partial charge is 0.369 e. The Balaban J connectivity index is 1.78. The Kier molecular flexibility index (Phi) is 4.31. The summed E-state index contributed by atoms with van der Waals surface area (Å²) in [6, 6.07) is 6.76. The Morgan fingerprint density at radius 1 is 1.22 bits per heavy atom. The van der Waals surface area contributed by atoms with Gasteiger partial charge in [0.2, 0.25) is 10.0 Å². The predicted molar refractivity (Wildman–Crippen MR) is 84.6 cm³/mol. The summed E-state index contributed by atoms with van der Waals surface area (Å²) in [7, 11) is -1.95. The zero-order chi connectivity index (χ0) is 16.6. The van der Waals surface area contributed by atoms with E-state index in [2.05, 4.69) is 5.32 Å². The SMILES string of the molecule is CNC(=O)N1CC2CN(S(=O)(=O)c3cccc(C)c3)CC(C1)O2. The Morgan fingerprint density at radius 2 is 1.87 bits per heavy atom. The fourth-order valence-corrected chi connectivity index (χ4v) is 4.71. The van der Waals surface area contributed by atoms with Crippen LogP contribution in [0.4, 0.5) is 4.79 Å². The lowest BCUT2D eigenvalue weighted by atomic mass is 10.1. The van der Waals surface area contributed by atoms with Crippen LogP contribution in [-0.4, -0.2) is 69.1 Å². The van der Waals surface area contributed by atoms with Gasteiger partial charge in [0.1, 0.15) is 0 Å². The highest BCUT2D eigenvalue weighted by molar-refractivity contribution is 7.89. The van der Waals surface area contributed by atoms with Crippen LogP contribution in [0.1, 0.15) is 5.56 Å². The highest BCUT2D eigenvalue weighted by atomic mass is 32.2. The topological polar surface area (TPSA) is 79.0 Å². The monoisotopic (exact) mass is 339 g/mol. The third kappa shape index (κ3) is 3.19. The Hall–Kier alpha value is -1.64. The van der Waals surface area contributed by atoms with Crippen molar-refractivity contribution in [2.75, 3.05) is 33.2 Å². The van der Waals surface area contributed by atoms with Crippen LogP contribution in [0.5, 0.6) is 0 Å². The predicted octanol–water partition coefficient (Wildman–Crippen LogP) is 0.408. The summed E-state index contributed by atoms with van der Waals surface area (Å²) in [5, 5.41) is 2.60. The minimum Gasteiger partial charge on any atom is -0.369 e. The van der Waals surface area contributed by atoms with E-state index >= 15 is 0 Å². The van der Waals surface area contributed by atoms with Crippen LogP contribution in [0.15, 0.2) is 29.2 Å². The highest BCUT2D eigenvalue weighted by Gasteiger charge is 2.40. The van der Waals surface area contributed by atoms with Gasteiger partial charge in [-0.2, -0.15) is 4.31 Å². The maximum atomic E-state index is 12.8. The number of carbonyl (C=O) groups excluding carboxylic acids is 1. The van der Waals surface area contributed by atoms with E-state index in [0.717, 1.165) is 5.56 Å². The van der Waals surface area contributed by atoms with Gasteiger partial charge in [0, 0.05) is 20.1 Å². The number of sulfonamides is 1. The molecule has 126 valence electrons. The lowest BCUT2D eigenvalue weighted by Gasteiger charge is -2.44. The van der Waals surface area contributed by atoms with Crippen molar-refractivity contribution < 1.29 is 17.9 Å². The molecule has 0 aliphatic carbocycles. The molecule has 0 saturated carbocycles. The fourth-order valence-electron chi connectivity index (χ4n) is 3.10. The molecule has 2 saturated heterocycles. The number of fused-ring (bicyclic) bond motifs is 2. The number of benzene rings is 1. The van der Waals surface area contributed by atoms with E-state index < -0.39 is 10.0 Å². The summed E-state index contributed by atoms with van der Waals surface area (Å²) >= 11 is 0. The number of hydrogen-bond donors (Lipinski definition) is 1. The minimum atomic E-state index is -3.54. The molecule has 2 aliphatic rings. The first-order valence-electron chi connectivity index (χ1n) is 7.59. The molecule has 0 aromatic heterocycles. The van der Waals surface area contributed by atoms with Gasteiger partial charge in [-0.25, -0.2) is 13.2 Å². The first kappa shape index (κ1) is 16.2. The Labute approximate surface area is 136 Å². The van der Waals surface area contributed by atoms with Crippen LogP contribution in [0, 0.1) is 6.92 Å². The first-order valence-corrected chi connectivity index (χ1v) is 9.03. The molecule has 2 aliphatic heterocycles. The molecule has 2 heterocycles. The summed E-state index contributed by atoms with van der Waals surface area (Å²) in [5.41, 5.74) is 0.908. The smallest absolute Gasteiger partial charge is 0.317 e. The quantitative estimate of drug-likeness (QED) is 0.846. The molecular formula is C15H21N3O4S. The number of ether oxygens (including phenoxy) is 1. The number of morpholine rings is 2. The second-order valence-electron chi connectivity index (χ2n) is 5.98. The average molecular weight is 339 g/mol. The normalized spacial score (nSPS) is 25.2. The van der Waals surface area contributed by atoms with E-state index in [1.807, 2.05) is 13.0 Å². The molecule has 2 fully saturated rings. The lowest BCUT2D eigenvalue weighted by Crippen LogP contribution is -2.62. The molecule has 7 nitrogen and oxygen atoms in total. The summed E-state index contributed by atoms with van der Waals surface area (Å²) in [5.74, 6) is 0. The zero-order valence-electron chi connectivity index (χ0n) is 13.2. The van der Waals surface area contributed by atoms with E-state index in [0.29, 0.717) is 18.0 Å². The summed E-state index contributed by atoms with van der Waals surface area (Å²) in [6.07, 6.45) is -0.584. The highest BCUT2D eigenvalue weighted by Crippen LogP contribution is 2.25. The molecule has 1 aromatic carbocycles. The molecule has 2 bridgehead atoms. The summed E-state index contributed by atoms with van der Waals surface area (Å²) in [4.78, 5) is 13.7. The van der Waals surface area contributed by atoms with Crippen molar-refractivity contribution >= 4 is 16.1 Å². The Bertz CT molecular complexity index is 692. The third-order valence-corrected chi connectivity index (χ3v) is 6.00. The molecule has 8 heteroatoms. The van der Waals surface area contributed by atoms with Gasteiger partial charge >= 0.3 is 6.03 Å². The Morgan fingerprint density at radius 3 is 2.43 bits per heavy atom. The number of nitrogens with one attached hydrogen (secondary N) is 1. The number of hydrogen-bond acceptors (Lipinski definition) is 4. The van der Waals surface area contributed by atoms with Crippen molar-refractivity contribution in [1.82, 2.24) is 14.5 Å². The first-order chi connectivity index (χ1) is 10.9. The molecule has 2 atom stereocenters. The van der Waals surface area contributed by atoms with Crippen LogP contribution >= 0.6 is 0 Å². The van der Waals surface area contributed by atoms with Crippen molar-refractivity contribution in [3.63, 3.8) is 0 Å². The molecule has 2 amide bonds. The maximum Gasteiger partial charge on any atom is 0.317 e. The van der Waals surface area contributed by atoms with Crippen molar-refractivity contribution in [2.45, 2.75) is 24.0 Å². The molecule has 0 radical (unpaired) electrons. The van der Waals surface area contributed by atoms with E-state index in [1.54, 1.807) is 30.1 Å². The molecule has 3 rings (SSSR count). The summed E-state index contributed by atoms with van der Waals surface area (Å²) in [6.45, 7) is 3.20. The number of urea groups is 1. The lowest BCUT2D eigenvalue weighted by molar-refractivity contribution is -0.111. The van der Waals surface area contributed by atoms with Crippen LogP contribution in [0.2, 0.25) is 0 Å². The van der Waals surface area contributed by atoms with E-state index in [4.69, 9.17) is 4.74 Å². The van der Waals surface area contributed by atoms with Gasteiger partial charge in [-0.05, 0) is 24.6 Å². The zero-order valence-corrected chi connectivity index (χ0v) is 14.0. The van der Waals surface area contributed by atoms with Crippen molar-refractivity contribution in [1.29, 1.82) is 0 Å². The molecule has 1 aromatic rings. The molecular weight excluding hydrogens is 318 g/mol. The number of carbonyl (C=O) groups is 1. The van der Waals surface area contributed by atoms with E-state index in [1.165, 1.54) is 4.31 Å². The van der Waals surface area contributed by atoms with Crippen LogP contribution in [0.25, 0.3) is 0 Å². The van der Waals surface area contributed by atoms with Gasteiger partial charge in [-0.3, -0.25) is 0 Å². The summed E-state index contributed by atoms with van der Waals surface area (Å²) < 4.78 is 32.9. The standard InChI is InChI=1S/C15H21N3O4S/c1-11-4-3-5-14(6-11)23(20,21)18-9-12-7-17(15(19)16-2)8-13(10-18)22-12/h3-6,12-13H,7-10H2,1-2H3,(H,16,19). The van der Waals surface area contributed by atoms with E-state index in [9.17, 15) is 13.2 Å². The second-order valence-corrected chi connectivity index (χ2v) is 7.92. The van der Waals surface area contributed by atoms with Crippen LogP contribution in [-0.2, 0) is 14.8 Å². The van der Waals surface area contributed by atoms with Crippen LogP contribution in [0.3, 0.4) is 0 Å². The molecule has 23 heavy (non-hydrogen) atoms. The molecule has 2 unspecified atom stereocenters. The second kappa shape index (κ2) is 6.10. The van der Waals surface area contributed by atoms with E-state index in [-0.39, 0.29) is 31.3 Å².